The molecule has 1 aliphatic heterocycles. The lowest BCUT2D eigenvalue weighted by molar-refractivity contribution is -0.120. The molecular weight excluding hydrogens is 383 g/mol. The van der Waals surface area contributed by atoms with Crippen LogP contribution in [0, 0.1) is 5.92 Å². The maximum atomic E-state index is 12.5. The summed E-state index contributed by atoms with van der Waals surface area (Å²) in [5, 5.41) is 3.83. The van der Waals surface area contributed by atoms with Crippen LogP contribution in [0.4, 0.5) is 5.69 Å². The largest absolute Gasteiger partial charge is 0.352 e. The van der Waals surface area contributed by atoms with Crippen molar-refractivity contribution in [1.29, 1.82) is 0 Å². The van der Waals surface area contributed by atoms with Gasteiger partial charge in [0.25, 0.3) is 0 Å². The molecule has 2 aromatic carbocycles. The summed E-state index contributed by atoms with van der Waals surface area (Å²) < 4.78 is 0. The van der Waals surface area contributed by atoms with Crippen LogP contribution in [0.3, 0.4) is 0 Å². The minimum atomic E-state index is -0.0485. The van der Waals surface area contributed by atoms with Gasteiger partial charge in [-0.25, -0.2) is 0 Å². The average molecular weight is 405 g/mol. The lowest BCUT2D eigenvalue weighted by Gasteiger charge is -2.34. The van der Waals surface area contributed by atoms with E-state index in [0.29, 0.717) is 41.2 Å². The van der Waals surface area contributed by atoms with Crippen molar-refractivity contribution in [3.63, 3.8) is 0 Å². The second-order valence-corrected chi connectivity index (χ2v) is 7.68. The van der Waals surface area contributed by atoms with Crippen molar-refractivity contribution in [2.45, 2.75) is 32.7 Å². The van der Waals surface area contributed by atoms with Crippen LogP contribution in [-0.2, 0) is 22.6 Å². The average Bonchev–Trinajstić information content (AvgIpc) is 2.63. The Morgan fingerprint density at radius 2 is 1.78 bits per heavy atom. The number of nitrogens with one attached hydrogen (secondary N) is 1. The first-order valence-electron chi connectivity index (χ1n) is 9.01. The topological polar surface area (TPSA) is 49.4 Å². The highest BCUT2D eigenvalue weighted by atomic mass is 35.5. The first kappa shape index (κ1) is 19.7. The number of nitrogens with zero attached hydrogens (tertiary/aromatic N) is 1. The van der Waals surface area contributed by atoms with E-state index in [1.54, 1.807) is 23.1 Å². The van der Waals surface area contributed by atoms with Crippen molar-refractivity contribution in [3.05, 3.63) is 63.6 Å². The Kier molecular flexibility index (Phi) is 6.40. The number of halogens is 2. The van der Waals surface area contributed by atoms with Crippen molar-refractivity contribution in [3.8, 4) is 0 Å². The molecule has 2 amide bonds. The number of amides is 2. The van der Waals surface area contributed by atoms with E-state index in [4.69, 9.17) is 23.2 Å². The van der Waals surface area contributed by atoms with Crippen LogP contribution in [0.15, 0.2) is 42.5 Å². The van der Waals surface area contributed by atoms with Gasteiger partial charge in [-0.3, -0.25) is 9.59 Å². The van der Waals surface area contributed by atoms with Gasteiger partial charge in [0.2, 0.25) is 11.8 Å². The van der Waals surface area contributed by atoms with Crippen molar-refractivity contribution < 1.29 is 9.59 Å². The normalized spacial score (nSPS) is 17.1. The number of rotatable bonds is 5. The van der Waals surface area contributed by atoms with E-state index >= 15 is 0 Å². The molecule has 1 fully saturated rings. The van der Waals surface area contributed by atoms with Gasteiger partial charge in [0, 0.05) is 26.4 Å². The van der Waals surface area contributed by atoms with Gasteiger partial charge >= 0.3 is 0 Å². The highest BCUT2D eigenvalue weighted by molar-refractivity contribution is 6.39. The number of para-hydroxylation sites is 1. The summed E-state index contributed by atoms with van der Waals surface area (Å²) in [5.41, 5.74) is 2.89. The van der Waals surface area contributed by atoms with E-state index in [-0.39, 0.29) is 11.8 Å². The first-order chi connectivity index (χ1) is 13.0. The summed E-state index contributed by atoms with van der Waals surface area (Å²) in [6.45, 7) is 2.61. The number of hydrogen-bond donors (Lipinski definition) is 1. The van der Waals surface area contributed by atoms with Gasteiger partial charge in [-0.15, -0.1) is 0 Å². The monoisotopic (exact) mass is 404 g/mol. The molecule has 0 radical (unpaired) electrons. The molecule has 1 N–H and O–H groups in total. The maximum absolute atomic E-state index is 12.5. The molecule has 142 valence electrons. The van der Waals surface area contributed by atoms with Crippen LogP contribution in [0.2, 0.25) is 10.0 Å². The van der Waals surface area contributed by atoms with Gasteiger partial charge in [-0.2, -0.15) is 0 Å². The fourth-order valence-electron chi connectivity index (χ4n) is 3.50. The predicted octanol–water partition coefficient (Wildman–Crippen LogP) is 4.62. The van der Waals surface area contributed by atoms with Gasteiger partial charge in [0.1, 0.15) is 0 Å². The van der Waals surface area contributed by atoms with Crippen molar-refractivity contribution in [2.75, 3.05) is 11.4 Å². The Hall–Kier alpha value is -2.04. The number of carbonyl (C=O) groups excluding carboxylic acids is 2. The fraction of sp³-hybridized carbons (Fsp3) is 0.333. The smallest absolute Gasteiger partial charge is 0.227 e. The van der Waals surface area contributed by atoms with Crippen molar-refractivity contribution >= 4 is 40.7 Å². The molecule has 4 nitrogen and oxygen atoms in total. The number of hydrogen-bond acceptors (Lipinski definition) is 2. The van der Waals surface area contributed by atoms with Crippen LogP contribution in [0.5, 0.6) is 0 Å². The SMILES string of the molecule is CC(=O)NCc1ccccc1CC1CCC(=O)N(c2c(Cl)cccc2Cl)C1. The van der Waals surface area contributed by atoms with Crippen molar-refractivity contribution in [2.24, 2.45) is 5.92 Å². The third-order valence-corrected chi connectivity index (χ3v) is 5.48. The molecule has 0 aliphatic carbocycles. The molecule has 0 spiro atoms. The molecule has 0 aromatic heterocycles. The minimum Gasteiger partial charge on any atom is -0.352 e. The molecule has 0 saturated carbocycles. The summed E-state index contributed by atoms with van der Waals surface area (Å²) in [6.07, 6.45) is 2.13. The first-order valence-corrected chi connectivity index (χ1v) is 9.77. The molecule has 1 heterocycles. The standard InChI is InChI=1S/C21H22Cl2N2O2/c1-14(26)24-12-17-6-3-2-5-16(17)11-15-9-10-20(27)25(13-15)21-18(22)7-4-8-19(21)23/h2-8,15H,9-13H2,1H3,(H,24,26). The Balaban J connectivity index is 1.78. The lowest BCUT2D eigenvalue weighted by atomic mass is 9.89. The second kappa shape index (κ2) is 8.77. The Labute approximate surface area is 169 Å². The summed E-state index contributed by atoms with van der Waals surface area (Å²) in [7, 11) is 0. The van der Waals surface area contributed by atoms with Crippen LogP contribution < -0.4 is 10.2 Å². The molecule has 1 atom stereocenters. The van der Waals surface area contributed by atoms with Crippen LogP contribution in [0.1, 0.15) is 30.9 Å². The molecule has 6 heteroatoms. The van der Waals surface area contributed by atoms with Crippen LogP contribution in [0.25, 0.3) is 0 Å². The van der Waals surface area contributed by atoms with Gasteiger partial charge in [-0.05, 0) is 42.0 Å². The maximum Gasteiger partial charge on any atom is 0.227 e. The summed E-state index contributed by atoms with van der Waals surface area (Å²) in [5.74, 6) is 0.300. The zero-order valence-electron chi connectivity index (χ0n) is 15.2. The number of carbonyl (C=O) groups is 2. The summed E-state index contributed by atoms with van der Waals surface area (Å²) in [6, 6.07) is 13.4. The van der Waals surface area contributed by atoms with Gasteiger partial charge < -0.3 is 10.2 Å². The quantitative estimate of drug-likeness (QED) is 0.790. The summed E-state index contributed by atoms with van der Waals surface area (Å²) >= 11 is 12.6. The third-order valence-electron chi connectivity index (χ3n) is 4.87. The molecule has 27 heavy (non-hydrogen) atoms. The van der Waals surface area contributed by atoms with E-state index in [1.165, 1.54) is 12.5 Å². The molecular formula is C21H22Cl2N2O2. The Bertz CT molecular complexity index is 834. The number of benzene rings is 2. The molecule has 1 aliphatic rings. The van der Waals surface area contributed by atoms with Gasteiger partial charge in [-0.1, -0.05) is 53.5 Å². The Morgan fingerprint density at radius 3 is 2.44 bits per heavy atom. The van der Waals surface area contributed by atoms with Crippen LogP contribution in [-0.4, -0.2) is 18.4 Å². The van der Waals surface area contributed by atoms with E-state index in [0.717, 1.165) is 18.4 Å². The van der Waals surface area contributed by atoms with E-state index in [1.807, 2.05) is 18.2 Å². The van der Waals surface area contributed by atoms with Gasteiger partial charge in [0.05, 0.1) is 15.7 Å². The third kappa shape index (κ3) is 4.82. The zero-order chi connectivity index (χ0) is 19.4. The van der Waals surface area contributed by atoms with Crippen molar-refractivity contribution in [1.82, 2.24) is 5.32 Å². The zero-order valence-corrected chi connectivity index (χ0v) is 16.7. The highest BCUT2D eigenvalue weighted by Gasteiger charge is 2.29. The van der Waals surface area contributed by atoms with Gasteiger partial charge in [0.15, 0.2) is 0 Å². The second-order valence-electron chi connectivity index (χ2n) is 6.86. The number of anilines is 1. The lowest BCUT2D eigenvalue weighted by Crippen LogP contribution is -2.41. The molecule has 1 saturated heterocycles. The summed E-state index contributed by atoms with van der Waals surface area (Å²) in [4.78, 5) is 25.5. The molecule has 2 aromatic rings. The van der Waals surface area contributed by atoms with E-state index in [9.17, 15) is 9.59 Å². The van der Waals surface area contributed by atoms with E-state index < -0.39 is 0 Å². The minimum absolute atomic E-state index is 0.0485. The van der Waals surface area contributed by atoms with E-state index in [2.05, 4.69) is 11.4 Å². The Morgan fingerprint density at radius 1 is 1.11 bits per heavy atom. The van der Waals surface area contributed by atoms with Crippen LogP contribution >= 0.6 is 23.2 Å². The fourth-order valence-corrected chi connectivity index (χ4v) is 4.10. The molecule has 0 bridgehead atoms. The molecule has 1 unspecified atom stereocenters. The highest BCUT2D eigenvalue weighted by Crippen LogP contribution is 2.37. The number of piperidine rings is 1. The predicted molar refractivity (Wildman–Crippen MR) is 109 cm³/mol. The molecule has 3 rings (SSSR count).